The summed E-state index contributed by atoms with van der Waals surface area (Å²) in [5.41, 5.74) is 1.43. The Bertz CT molecular complexity index is 569. The van der Waals surface area contributed by atoms with E-state index in [2.05, 4.69) is 18.8 Å². The number of aryl methyl sites for hydroxylation is 1. The molecule has 0 fully saturated rings. The van der Waals surface area contributed by atoms with Gasteiger partial charge < -0.3 is 10.1 Å². The minimum atomic E-state index is -0.283. The lowest BCUT2D eigenvalue weighted by Crippen LogP contribution is -2.02. The fourth-order valence-electron chi connectivity index (χ4n) is 1.85. The van der Waals surface area contributed by atoms with Crippen LogP contribution in [-0.2, 0) is 0 Å². The second-order valence-electron chi connectivity index (χ2n) is 4.77. The molecule has 0 spiro atoms. The van der Waals surface area contributed by atoms with Crippen LogP contribution < -0.4 is 5.56 Å². The number of nitrogens with one attached hydrogen (secondary N) is 1. The zero-order valence-corrected chi connectivity index (χ0v) is 14.0. The summed E-state index contributed by atoms with van der Waals surface area (Å²) < 4.78 is 0. The van der Waals surface area contributed by atoms with Gasteiger partial charge >= 0.3 is 0 Å². The molecular weight excluding hydrogens is 262 g/mol. The van der Waals surface area contributed by atoms with E-state index in [1.165, 1.54) is 31.7 Å². The first-order valence-electron chi connectivity index (χ1n) is 7.91. The second kappa shape index (κ2) is 11.0. The molecule has 2 rings (SSSR count). The molecule has 0 saturated carbocycles. The Balaban J connectivity index is 0.000000427. The lowest BCUT2D eigenvalue weighted by atomic mass is 10.1. The van der Waals surface area contributed by atoms with Crippen LogP contribution >= 0.6 is 0 Å². The molecule has 3 heteroatoms. The number of benzene rings is 1. The van der Waals surface area contributed by atoms with Crippen LogP contribution in [0.4, 0.5) is 0 Å². The summed E-state index contributed by atoms with van der Waals surface area (Å²) in [5, 5.41) is 10.1. The SMILES string of the molecule is CC.CCCCCC.Cc1ccc2[nH]c(=O)cc(O)c2c1. The predicted octanol–water partition coefficient (Wildman–Crippen LogP) is 5.15. The normalized spacial score (nSPS) is 9.38. The second-order valence-corrected chi connectivity index (χ2v) is 4.77. The van der Waals surface area contributed by atoms with E-state index >= 15 is 0 Å². The summed E-state index contributed by atoms with van der Waals surface area (Å²) in [5.74, 6) is 0.0300. The zero-order chi connectivity index (χ0) is 16.3. The number of hydrogen-bond acceptors (Lipinski definition) is 2. The van der Waals surface area contributed by atoms with Gasteiger partial charge in [-0.1, -0.05) is 65.0 Å². The van der Waals surface area contributed by atoms with E-state index in [-0.39, 0.29) is 11.3 Å². The lowest BCUT2D eigenvalue weighted by Gasteiger charge is -2.00. The molecule has 0 aliphatic carbocycles. The van der Waals surface area contributed by atoms with Crippen molar-refractivity contribution in [3.63, 3.8) is 0 Å². The molecule has 3 nitrogen and oxygen atoms in total. The summed E-state index contributed by atoms with van der Waals surface area (Å²) in [6, 6.07) is 6.69. The summed E-state index contributed by atoms with van der Waals surface area (Å²) in [6.07, 6.45) is 5.54. The Morgan fingerprint density at radius 2 is 1.62 bits per heavy atom. The van der Waals surface area contributed by atoms with Crippen molar-refractivity contribution < 1.29 is 5.11 Å². The first kappa shape index (κ1) is 19.2. The molecule has 0 saturated heterocycles. The molecule has 2 N–H and O–H groups in total. The highest BCUT2D eigenvalue weighted by atomic mass is 16.3. The highest BCUT2D eigenvalue weighted by Gasteiger charge is 2.00. The van der Waals surface area contributed by atoms with Crippen LogP contribution in [0.3, 0.4) is 0 Å². The van der Waals surface area contributed by atoms with Crippen LogP contribution in [0, 0.1) is 6.92 Å². The van der Waals surface area contributed by atoms with Crippen molar-refractivity contribution in [1.29, 1.82) is 0 Å². The Labute approximate surface area is 128 Å². The van der Waals surface area contributed by atoms with Crippen molar-refractivity contribution >= 4 is 10.9 Å². The van der Waals surface area contributed by atoms with Gasteiger partial charge in [-0.15, -0.1) is 0 Å². The third kappa shape index (κ3) is 6.98. The summed E-state index contributed by atoms with van der Waals surface area (Å²) in [6.45, 7) is 10.4. The van der Waals surface area contributed by atoms with Crippen molar-refractivity contribution in [2.45, 2.75) is 60.3 Å². The zero-order valence-electron chi connectivity index (χ0n) is 14.0. The van der Waals surface area contributed by atoms with Crippen molar-refractivity contribution in [3.8, 4) is 5.75 Å². The van der Waals surface area contributed by atoms with Gasteiger partial charge in [0.05, 0.1) is 5.52 Å². The van der Waals surface area contributed by atoms with Gasteiger partial charge in [-0.2, -0.15) is 0 Å². The number of fused-ring (bicyclic) bond motifs is 1. The maximum Gasteiger partial charge on any atom is 0.252 e. The molecule has 0 unspecified atom stereocenters. The van der Waals surface area contributed by atoms with E-state index in [0.29, 0.717) is 10.9 Å². The van der Waals surface area contributed by atoms with Crippen molar-refractivity contribution in [2.24, 2.45) is 0 Å². The molecule has 0 aliphatic heterocycles. The number of rotatable bonds is 3. The van der Waals surface area contributed by atoms with Gasteiger partial charge in [0.2, 0.25) is 0 Å². The molecule has 21 heavy (non-hydrogen) atoms. The Kier molecular flexibility index (Phi) is 10.0. The maximum absolute atomic E-state index is 11.0. The predicted molar refractivity (Wildman–Crippen MR) is 92.1 cm³/mol. The lowest BCUT2D eigenvalue weighted by molar-refractivity contribution is 0.480. The first-order chi connectivity index (χ1) is 10.1. The number of hydrogen-bond donors (Lipinski definition) is 2. The monoisotopic (exact) mass is 291 g/mol. The molecule has 2 aromatic rings. The molecule has 0 radical (unpaired) electrons. The highest BCUT2D eigenvalue weighted by Crippen LogP contribution is 2.21. The summed E-state index contributed by atoms with van der Waals surface area (Å²) in [4.78, 5) is 13.6. The number of H-pyrrole nitrogens is 1. The van der Waals surface area contributed by atoms with Gasteiger partial charge in [-0.3, -0.25) is 4.79 Å². The smallest absolute Gasteiger partial charge is 0.252 e. The summed E-state index contributed by atoms with van der Waals surface area (Å²) >= 11 is 0. The van der Waals surface area contributed by atoms with Crippen LogP contribution in [-0.4, -0.2) is 10.1 Å². The highest BCUT2D eigenvalue weighted by molar-refractivity contribution is 5.84. The van der Waals surface area contributed by atoms with E-state index in [1.54, 1.807) is 6.07 Å². The van der Waals surface area contributed by atoms with Crippen molar-refractivity contribution in [3.05, 3.63) is 40.2 Å². The van der Waals surface area contributed by atoms with Gasteiger partial charge in [0.25, 0.3) is 5.56 Å². The Morgan fingerprint density at radius 1 is 1.05 bits per heavy atom. The van der Waals surface area contributed by atoms with Crippen LogP contribution in [0.15, 0.2) is 29.1 Å². The molecular formula is C18H29NO2. The maximum atomic E-state index is 11.0. The average Bonchev–Trinajstić information content (AvgIpc) is 2.48. The van der Waals surface area contributed by atoms with Crippen molar-refractivity contribution in [2.75, 3.05) is 0 Å². The molecule has 1 aromatic heterocycles. The molecule has 0 amide bonds. The molecule has 0 atom stereocenters. The first-order valence-corrected chi connectivity index (χ1v) is 7.91. The van der Waals surface area contributed by atoms with E-state index in [4.69, 9.17) is 0 Å². The number of aromatic nitrogens is 1. The molecule has 0 bridgehead atoms. The quantitative estimate of drug-likeness (QED) is 0.768. The van der Waals surface area contributed by atoms with Crippen LogP contribution in [0.25, 0.3) is 10.9 Å². The van der Waals surface area contributed by atoms with E-state index in [9.17, 15) is 9.90 Å². The molecule has 1 heterocycles. The van der Waals surface area contributed by atoms with Gasteiger partial charge in [-0.05, 0) is 19.1 Å². The fraction of sp³-hybridized carbons (Fsp3) is 0.500. The van der Waals surface area contributed by atoms with Gasteiger partial charge in [0, 0.05) is 11.5 Å². The molecule has 0 aliphatic rings. The Hall–Kier alpha value is -1.77. The van der Waals surface area contributed by atoms with Gasteiger partial charge in [0.1, 0.15) is 5.75 Å². The standard InChI is InChI=1S/C10H9NO2.C6H14.C2H6/c1-6-2-3-8-7(4-6)9(12)5-10(13)11-8;1-3-5-6-4-2;1-2/h2-5H,1H3,(H2,11,12,13);3-6H2,1-2H3;1-2H3. The molecule has 1 aromatic carbocycles. The van der Waals surface area contributed by atoms with Crippen LogP contribution in [0.2, 0.25) is 0 Å². The van der Waals surface area contributed by atoms with Crippen molar-refractivity contribution in [1.82, 2.24) is 4.98 Å². The fourth-order valence-corrected chi connectivity index (χ4v) is 1.85. The number of aromatic hydroxyl groups is 1. The number of unbranched alkanes of at least 4 members (excludes halogenated alkanes) is 3. The van der Waals surface area contributed by atoms with Crippen LogP contribution in [0.1, 0.15) is 58.9 Å². The van der Waals surface area contributed by atoms with E-state index in [0.717, 1.165) is 5.56 Å². The minimum absolute atomic E-state index is 0.0300. The van der Waals surface area contributed by atoms with Gasteiger partial charge in [0.15, 0.2) is 0 Å². The third-order valence-corrected chi connectivity index (χ3v) is 2.93. The molecule has 118 valence electrons. The number of aromatic amines is 1. The average molecular weight is 291 g/mol. The Morgan fingerprint density at radius 3 is 2.14 bits per heavy atom. The van der Waals surface area contributed by atoms with Crippen LogP contribution in [0.5, 0.6) is 5.75 Å². The van der Waals surface area contributed by atoms with E-state index < -0.39 is 0 Å². The minimum Gasteiger partial charge on any atom is -0.507 e. The van der Waals surface area contributed by atoms with Gasteiger partial charge in [-0.25, -0.2) is 0 Å². The summed E-state index contributed by atoms with van der Waals surface area (Å²) in [7, 11) is 0. The number of pyridine rings is 1. The topological polar surface area (TPSA) is 53.1 Å². The third-order valence-electron chi connectivity index (χ3n) is 2.93. The van der Waals surface area contributed by atoms with E-state index in [1.807, 2.05) is 32.9 Å². The largest absolute Gasteiger partial charge is 0.507 e.